The third-order valence-corrected chi connectivity index (χ3v) is 6.06. The molecule has 0 spiro atoms. The topological polar surface area (TPSA) is 129 Å². The van der Waals surface area contributed by atoms with E-state index >= 15 is 0 Å². The number of amides is 2. The quantitative estimate of drug-likeness (QED) is 0.412. The maximum absolute atomic E-state index is 13.8. The fourth-order valence-corrected chi connectivity index (χ4v) is 4.25. The van der Waals surface area contributed by atoms with Gasteiger partial charge in [0.2, 0.25) is 0 Å². The van der Waals surface area contributed by atoms with Crippen LogP contribution in [0.25, 0.3) is 0 Å². The maximum Gasteiger partial charge on any atom is 0.330 e. The van der Waals surface area contributed by atoms with E-state index in [0.29, 0.717) is 17.8 Å². The van der Waals surface area contributed by atoms with Crippen molar-refractivity contribution in [3.05, 3.63) is 98.6 Å². The third kappa shape index (κ3) is 3.88. The third-order valence-electron chi connectivity index (χ3n) is 6.06. The van der Waals surface area contributed by atoms with E-state index in [1.54, 1.807) is 12.4 Å². The Morgan fingerprint density at radius 3 is 2.37 bits per heavy atom. The molecule has 0 saturated carbocycles. The van der Waals surface area contributed by atoms with Gasteiger partial charge in [0.1, 0.15) is 11.4 Å². The monoisotopic (exact) mass is 470 g/mol. The molecule has 5 rings (SSSR count). The van der Waals surface area contributed by atoms with E-state index in [2.05, 4.69) is 20.3 Å². The summed E-state index contributed by atoms with van der Waals surface area (Å²) in [5.74, 6) is -0.303. The number of urea groups is 1. The second kappa shape index (κ2) is 8.98. The summed E-state index contributed by atoms with van der Waals surface area (Å²) in [5, 5.41) is 13.7. The van der Waals surface area contributed by atoms with Gasteiger partial charge in [-0.2, -0.15) is 0 Å². The molecule has 3 heterocycles. The normalized spacial score (nSPS) is 13.5. The molecule has 0 aliphatic carbocycles. The van der Waals surface area contributed by atoms with Crippen molar-refractivity contribution in [3.8, 4) is 5.75 Å². The standard InChI is InChI=1S/C25H22N6O4/c1-2-16(15-6-4-3-5-7-15)29-21-22(24(34)23(21)33)31(19-8-9-26-12-20(19)32)25(35)30-13-17-18(14-30)28-11-10-27-17/h3-12,16,29,32H,2,13-14H2,1H3/t16-/m0/s1. The average Bonchev–Trinajstić information content (AvgIpc) is 3.33. The molecule has 0 saturated heterocycles. The fraction of sp³-hybridized carbons (Fsp3) is 0.200. The Kier molecular flexibility index (Phi) is 5.69. The molecule has 10 heteroatoms. The molecule has 0 unspecified atom stereocenters. The molecular weight excluding hydrogens is 448 g/mol. The number of carbonyl (C=O) groups excluding carboxylic acids is 1. The summed E-state index contributed by atoms with van der Waals surface area (Å²) in [5.41, 5.74) is 0.671. The zero-order valence-electron chi connectivity index (χ0n) is 18.9. The van der Waals surface area contributed by atoms with E-state index in [4.69, 9.17) is 0 Å². The molecule has 1 atom stereocenters. The number of anilines is 3. The second-order valence-corrected chi connectivity index (χ2v) is 8.19. The van der Waals surface area contributed by atoms with Crippen molar-refractivity contribution in [1.29, 1.82) is 0 Å². The van der Waals surface area contributed by atoms with Gasteiger partial charge in [-0.25, -0.2) is 4.79 Å². The Hall–Kier alpha value is -4.60. The highest BCUT2D eigenvalue weighted by molar-refractivity contribution is 6.04. The molecule has 2 N–H and O–H groups in total. The predicted molar refractivity (Wildman–Crippen MR) is 129 cm³/mol. The number of aromatic nitrogens is 3. The van der Waals surface area contributed by atoms with Gasteiger partial charge < -0.3 is 15.3 Å². The molecule has 176 valence electrons. The summed E-state index contributed by atoms with van der Waals surface area (Å²) in [6.45, 7) is 2.32. The van der Waals surface area contributed by atoms with E-state index in [-0.39, 0.29) is 41.9 Å². The molecule has 2 aromatic heterocycles. The van der Waals surface area contributed by atoms with E-state index in [1.807, 2.05) is 37.3 Å². The molecule has 1 aliphatic rings. The van der Waals surface area contributed by atoms with Crippen LogP contribution in [-0.2, 0) is 13.1 Å². The zero-order valence-corrected chi connectivity index (χ0v) is 18.9. The van der Waals surface area contributed by atoms with Crippen molar-refractivity contribution in [2.75, 3.05) is 10.2 Å². The van der Waals surface area contributed by atoms with Crippen LogP contribution in [0.1, 0.15) is 36.3 Å². The van der Waals surface area contributed by atoms with Crippen LogP contribution in [-0.4, -0.2) is 31.0 Å². The minimum atomic E-state index is -0.812. The van der Waals surface area contributed by atoms with E-state index in [0.717, 1.165) is 10.5 Å². The number of hydrogen-bond acceptors (Lipinski definition) is 8. The van der Waals surface area contributed by atoms with Gasteiger partial charge in [-0.15, -0.1) is 0 Å². The van der Waals surface area contributed by atoms with Crippen LogP contribution in [0.4, 0.5) is 21.9 Å². The summed E-state index contributed by atoms with van der Waals surface area (Å²) < 4.78 is 0. The van der Waals surface area contributed by atoms with Crippen molar-refractivity contribution in [3.63, 3.8) is 0 Å². The van der Waals surface area contributed by atoms with E-state index in [1.165, 1.54) is 23.4 Å². The predicted octanol–water partition coefficient (Wildman–Crippen LogP) is 3.01. The van der Waals surface area contributed by atoms with Crippen molar-refractivity contribution >= 4 is 23.1 Å². The van der Waals surface area contributed by atoms with E-state index in [9.17, 15) is 19.5 Å². The number of benzene rings is 1. The zero-order chi connectivity index (χ0) is 24.5. The first-order chi connectivity index (χ1) is 17.0. The number of rotatable bonds is 6. The van der Waals surface area contributed by atoms with Gasteiger partial charge in [-0.05, 0) is 18.1 Å². The van der Waals surface area contributed by atoms with Crippen LogP contribution in [0.3, 0.4) is 0 Å². The number of fused-ring (bicyclic) bond motifs is 1. The molecule has 0 radical (unpaired) electrons. The molecule has 1 aliphatic heterocycles. The van der Waals surface area contributed by atoms with Crippen molar-refractivity contribution in [2.24, 2.45) is 0 Å². The molecule has 0 fully saturated rings. The Labute approximate surface area is 200 Å². The van der Waals surface area contributed by atoms with Crippen LogP contribution in [0, 0.1) is 0 Å². The van der Waals surface area contributed by atoms with Crippen LogP contribution < -0.4 is 21.1 Å². The molecule has 2 aromatic carbocycles. The lowest BCUT2D eigenvalue weighted by atomic mass is 10.0. The Morgan fingerprint density at radius 2 is 1.74 bits per heavy atom. The second-order valence-electron chi connectivity index (χ2n) is 8.19. The highest BCUT2D eigenvalue weighted by atomic mass is 16.3. The first kappa shape index (κ1) is 22.2. The van der Waals surface area contributed by atoms with Gasteiger partial charge in [-0.1, -0.05) is 37.3 Å². The summed E-state index contributed by atoms with van der Waals surface area (Å²) in [4.78, 5) is 54.2. The molecule has 35 heavy (non-hydrogen) atoms. The molecule has 2 amide bonds. The summed E-state index contributed by atoms with van der Waals surface area (Å²) in [6.07, 6.45) is 6.30. The van der Waals surface area contributed by atoms with Gasteiger partial charge >= 0.3 is 6.03 Å². The van der Waals surface area contributed by atoms with Crippen molar-refractivity contribution in [1.82, 2.24) is 19.9 Å². The highest BCUT2D eigenvalue weighted by Gasteiger charge is 2.37. The molecule has 10 nitrogen and oxygen atoms in total. The van der Waals surface area contributed by atoms with Gasteiger partial charge in [0.15, 0.2) is 5.75 Å². The van der Waals surface area contributed by atoms with Crippen LogP contribution in [0.15, 0.2) is 70.8 Å². The lowest BCUT2D eigenvalue weighted by Gasteiger charge is -2.31. The Bertz CT molecular complexity index is 1440. The lowest BCUT2D eigenvalue weighted by Crippen LogP contribution is -2.47. The fourth-order valence-electron chi connectivity index (χ4n) is 4.25. The maximum atomic E-state index is 13.8. The Balaban J connectivity index is 1.55. The number of nitrogens with one attached hydrogen (secondary N) is 1. The van der Waals surface area contributed by atoms with Gasteiger partial charge in [0.25, 0.3) is 10.9 Å². The lowest BCUT2D eigenvalue weighted by molar-refractivity contribution is 0.207. The first-order valence-corrected chi connectivity index (χ1v) is 11.1. The van der Waals surface area contributed by atoms with Gasteiger partial charge in [0, 0.05) is 18.6 Å². The Morgan fingerprint density at radius 1 is 1.06 bits per heavy atom. The highest BCUT2D eigenvalue weighted by Crippen LogP contribution is 2.37. The number of nitrogens with zero attached hydrogens (tertiary/aromatic N) is 5. The molecule has 4 aromatic rings. The first-order valence-electron chi connectivity index (χ1n) is 11.1. The number of pyridine rings is 1. The van der Waals surface area contributed by atoms with E-state index < -0.39 is 16.9 Å². The summed E-state index contributed by atoms with van der Waals surface area (Å²) >= 11 is 0. The van der Waals surface area contributed by atoms with Gasteiger partial charge in [0.05, 0.1) is 42.4 Å². The number of aromatic hydroxyl groups is 1. The molecule has 0 bridgehead atoms. The average molecular weight is 470 g/mol. The van der Waals surface area contributed by atoms with Crippen LogP contribution in [0.5, 0.6) is 5.75 Å². The smallest absolute Gasteiger partial charge is 0.330 e. The largest absolute Gasteiger partial charge is 0.504 e. The molecular formula is C25H22N6O4. The number of carbonyl (C=O) groups is 1. The minimum absolute atomic E-state index is 0.0308. The number of hydrogen-bond donors (Lipinski definition) is 2. The van der Waals surface area contributed by atoms with Crippen LogP contribution >= 0.6 is 0 Å². The van der Waals surface area contributed by atoms with Crippen molar-refractivity contribution < 1.29 is 9.90 Å². The SMILES string of the molecule is CC[C@H](Nc1c(N(C(=O)N2Cc3nccnc3C2)c2ccncc2O)c(=O)c1=O)c1ccccc1. The minimum Gasteiger partial charge on any atom is -0.504 e. The van der Waals surface area contributed by atoms with Gasteiger partial charge in [-0.3, -0.25) is 29.4 Å². The summed E-state index contributed by atoms with van der Waals surface area (Å²) in [7, 11) is 0. The van der Waals surface area contributed by atoms with Crippen LogP contribution in [0.2, 0.25) is 0 Å². The summed E-state index contributed by atoms with van der Waals surface area (Å²) in [6, 6.07) is 10.1. The van der Waals surface area contributed by atoms with Crippen molar-refractivity contribution in [2.45, 2.75) is 32.5 Å².